The Morgan fingerprint density at radius 2 is 1.62 bits per heavy atom. The zero-order chi connectivity index (χ0) is 27.3. The highest BCUT2D eigenvalue weighted by molar-refractivity contribution is 6.03. The second-order valence-electron chi connectivity index (χ2n) is 9.53. The molecule has 6 rings (SSSR count). The molecule has 0 saturated carbocycles. The predicted octanol–water partition coefficient (Wildman–Crippen LogP) is 6.35. The van der Waals surface area contributed by atoms with E-state index in [1.165, 1.54) is 0 Å². The smallest absolute Gasteiger partial charge is 0.323 e. The van der Waals surface area contributed by atoms with Crippen molar-refractivity contribution in [3.05, 3.63) is 96.6 Å². The summed E-state index contributed by atoms with van der Waals surface area (Å²) >= 11 is 0. The summed E-state index contributed by atoms with van der Waals surface area (Å²) in [6.07, 6.45) is 0. The van der Waals surface area contributed by atoms with E-state index in [2.05, 4.69) is 26.8 Å². The highest BCUT2D eigenvalue weighted by Crippen LogP contribution is 2.35. The van der Waals surface area contributed by atoms with Crippen LogP contribution in [0.25, 0.3) is 22.0 Å². The minimum Gasteiger partial charge on any atom is -0.457 e. The summed E-state index contributed by atoms with van der Waals surface area (Å²) in [6.45, 7) is 3.98. The largest absolute Gasteiger partial charge is 0.457 e. The Balaban J connectivity index is 1.13. The maximum Gasteiger partial charge on any atom is 0.323 e. The molecule has 0 spiro atoms. The second kappa shape index (κ2) is 11.5. The molecule has 0 bridgehead atoms. The molecule has 1 aromatic heterocycles. The first kappa shape index (κ1) is 25.4. The lowest BCUT2D eigenvalue weighted by molar-refractivity contribution is 0.0343. The molecule has 9 heteroatoms. The lowest BCUT2D eigenvalue weighted by Gasteiger charge is -2.26. The van der Waals surface area contributed by atoms with E-state index in [-0.39, 0.29) is 11.9 Å². The lowest BCUT2D eigenvalue weighted by atomic mass is 9.98. The zero-order valence-electron chi connectivity index (χ0n) is 21.8. The summed E-state index contributed by atoms with van der Waals surface area (Å²) in [4.78, 5) is 15.0. The molecule has 1 saturated heterocycles. The Labute approximate surface area is 231 Å². The van der Waals surface area contributed by atoms with Gasteiger partial charge in [0.05, 0.1) is 18.6 Å². The van der Waals surface area contributed by atoms with E-state index < -0.39 is 0 Å². The predicted molar refractivity (Wildman–Crippen MR) is 156 cm³/mol. The molecule has 1 aliphatic heterocycles. The highest BCUT2D eigenvalue weighted by Gasteiger charge is 2.19. The van der Waals surface area contributed by atoms with Crippen LogP contribution in [0.1, 0.15) is 5.56 Å². The van der Waals surface area contributed by atoms with E-state index >= 15 is 0 Å². The molecule has 9 nitrogen and oxygen atoms in total. The monoisotopic (exact) mass is 535 g/mol. The SMILES string of the molecule is Nc1onc2c(CN3CCOCC3)ccc(-c3ccc(NC(=O)Nc4cccc(Oc5ccccc5)c4)cc3)c12. The molecule has 202 valence electrons. The van der Waals surface area contributed by atoms with Gasteiger partial charge in [-0.25, -0.2) is 4.79 Å². The molecule has 0 aliphatic carbocycles. The highest BCUT2D eigenvalue weighted by atomic mass is 16.5. The van der Waals surface area contributed by atoms with Crippen molar-refractivity contribution in [1.82, 2.24) is 10.1 Å². The maximum absolute atomic E-state index is 12.7. The van der Waals surface area contributed by atoms with Gasteiger partial charge in [-0.05, 0) is 53.1 Å². The Bertz CT molecular complexity index is 1610. The quantitative estimate of drug-likeness (QED) is 0.223. The Hall–Kier alpha value is -4.86. The van der Waals surface area contributed by atoms with Gasteiger partial charge in [0.1, 0.15) is 17.0 Å². The van der Waals surface area contributed by atoms with E-state index in [9.17, 15) is 4.79 Å². The molecule has 0 unspecified atom stereocenters. The number of carbonyl (C=O) groups excluding carboxylic acids is 1. The Kier molecular flexibility index (Phi) is 7.30. The number of nitrogens with one attached hydrogen (secondary N) is 2. The average molecular weight is 536 g/mol. The summed E-state index contributed by atoms with van der Waals surface area (Å²) in [5.41, 5.74) is 11.2. The molecule has 1 fully saturated rings. The van der Waals surface area contributed by atoms with Crippen molar-refractivity contribution in [1.29, 1.82) is 0 Å². The van der Waals surface area contributed by atoms with Gasteiger partial charge in [0.25, 0.3) is 0 Å². The summed E-state index contributed by atoms with van der Waals surface area (Å²) in [5, 5.41) is 10.8. The van der Waals surface area contributed by atoms with Crippen molar-refractivity contribution in [2.75, 3.05) is 42.7 Å². The van der Waals surface area contributed by atoms with Crippen LogP contribution in [0, 0.1) is 0 Å². The third kappa shape index (κ3) is 5.75. The topological polar surface area (TPSA) is 115 Å². The van der Waals surface area contributed by atoms with Gasteiger partial charge in [-0.2, -0.15) is 0 Å². The number of fused-ring (bicyclic) bond motifs is 1. The number of morpholine rings is 1. The third-order valence-corrected chi connectivity index (χ3v) is 6.77. The number of aromatic nitrogens is 1. The molecule has 1 aliphatic rings. The maximum atomic E-state index is 12.7. The fraction of sp³-hybridized carbons (Fsp3) is 0.161. The van der Waals surface area contributed by atoms with Gasteiger partial charge in [-0.15, -0.1) is 0 Å². The van der Waals surface area contributed by atoms with Crippen LogP contribution in [0.3, 0.4) is 0 Å². The number of amides is 2. The van der Waals surface area contributed by atoms with Crippen molar-refractivity contribution in [3.8, 4) is 22.6 Å². The zero-order valence-corrected chi connectivity index (χ0v) is 21.8. The van der Waals surface area contributed by atoms with Crippen LogP contribution >= 0.6 is 0 Å². The van der Waals surface area contributed by atoms with Crippen LogP contribution in [0.15, 0.2) is 95.5 Å². The number of nitrogen functional groups attached to an aromatic ring is 1. The molecule has 5 aromatic rings. The number of carbonyl (C=O) groups is 1. The third-order valence-electron chi connectivity index (χ3n) is 6.77. The fourth-order valence-corrected chi connectivity index (χ4v) is 4.79. The molecule has 4 aromatic carbocycles. The summed E-state index contributed by atoms with van der Waals surface area (Å²) in [6, 6.07) is 28.1. The van der Waals surface area contributed by atoms with E-state index in [4.69, 9.17) is 19.7 Å². The Morgan fingerprint density at radius 3 is 2.42 bits per heavy atom. The molecular formula is C31H29N5O4. The van der Waals surface area contributed by atoms with Crippen molar-refractivity contribution in [2.24, 2.45) is 0 Å². The van der Waals surface area contributed by atoms with Crippen LogP contribution in [0.5, 0.6) is 11.5 Å². The van der Waals surface area contributed by atoms with Crippen LogP contribution in [-0.2, 0) is 11.3 Å². The van der Waals surface area contributed by atoms with Crippen molar-refractivity contribution < 1.29 is 18.8 Å². The van der Waals surface area contributed by atoms with E-state index in [0.29, 0.717) is 17.1 Å². The molecule has 0 atom stereocenters. The standard InChI is InChI=1S/C31H29N5O4/c32-30-28-27(14-11-22(29(28)35-40-30)20-36-15-17-38-18-16-36)21-9-12-23(13-10-21)33-31(37)34-24-5-4-8-26(19-24)39-25-6-2-1-3-7-25/h1-14,19H,15-18,20,32H2,(H2,33,34,37). The van der Waals surface area contributed by atoms with Crippen LogP contribution in [-0.4, -0.2) is 42.4 Å². The number of benzene rings is 4. The number of hydrogen-bond donors (Lipinski definition) is 3. The number of nitrogens with zero attached hydrogens (tertiary/aromatic N) is 2. The van der Waals surface area contributed by atoms with Gasteiger partial charge in [-0.1, -0.05) is 53.7 Å². The van der Waals surface area contributed by atoms with E-state index in [0.717, 1.165) is 66.2 Å². The molecule has 40 heavy (non-hydrogen) atoms. The lowest BCUT2D eigenvalue weighted by Crippen LogP contribution is -2.35. The summed E-state index contributed by atoms with van der Waals surface area (Å²) in [5.74, 6) is 1.64. The molecule has 0 radical (unpaired) electrons. The molecule has 2 heterocycles. The van der Waals surface area contributed by atoms with E-state index in [1.54, 1.807) is 12.1 Å². The molecular weight excluding hydrogens is 506 g/mol. The van der Waals surface area contributed by atoms with Crippen LogP contribution < -0.4 is 21.1 Å². The van der Waals surface area contributed by atoms with Crippen LogP contribution in [0.2, 0.25) is 0 Å². The van der Waals surface area contributed by atoms with Gasteiger partial charge >= 0.3 is 6.03 Å². The summed E-state index contributed by atoms with van der Waals surface area (Å²) in [7, 11) is 0. The normalized spacial score (nSPS) is 13.7. The number of para-hydroxylation sites is 1. The Morgan fingerprint density at radius 1 is 0.875 bits per heavy atom. The number of ether oxygens (including phenoxy) is 2. The molecule has 4 N–H and O–H groups in total. The summed E-state index contributed by atoms with van der Waals surface area (Å²) < 4.78 is 16.7. The first-order valence-electron chi connectivity index (χ1n) is 13.1. The molecule has 2 amide bonds. The van der Waals surface area contributed by atoms with Gasteiger partial charge in [0.2, 0.25) is 5.88 Å². The van der Waals surface area contributed by atoms with Crippen LogP contribution in [0.4, 0.5) is 22.1 Å². The van der Waals surface area contributed by atoms with Crippen molar-refractivity contribution in [3.63, 3.8) is 0 Å². The van der Waals surface area contributed by atoms with Gasteiger partial charge in [0.15, 0.2) is 0 Å². The average Bonchev–Trinajstić information content (AvgIpc) is 3.37. The van der Waals surface area contributed by atoms with Gasteiger partial charge in [-0.3, -0.25) is 4.90 Å². The number of urea groups is 1. The first-order chi connectivity index (χ1) is 19.6. The minimum absolute atomic E-state index is 0.286. The number of anilines is 3. The first-order valence-corrected chi connectivity index (χ1v) is 13.1. The van der Waals surface area contributed by atoms with E-state index in [1.807, 2.05) is 72.8 Å². The van der Waals surface area contributed by atoms with Gasteiger partial charge in [0, 0.05) is 37.1 Å². The fourth-order valence-electron chi connectivity index (χ4n) is 4.79. The van der Waals surface area contributed by atoms with Gasteiger partial charge < -0.3 is 30.4 Å². The number of hydrogen-bond acceptors (Lipinski definition) is 7. The van der Waals surface area contributed by atoms with Crippen molar-refractivity contribution >= 4 is 34.2 Å². The number of nitrogens with two attached hydrogens (primary N) is 1. The number of rotatable bonds is 7. The van der Waals surface area contributed by atoms with Crippen molar-refractivity contribution in [2.45, 2.75) is 6.54 Å². The second-order valence-corrected chi connectivity index (χ2v) is 9.53. The minimum atomic E-state index is -0.359.